The van der Waals surface area contributed by atoms with Gasteiger partial charge in [0.1, 0.15) is 0 Å². The minimum Gasteiger partial charge on any atom is -0.379 e. The van der Waals surface area contributed by atoms with Crippen molar-refractivity contribution in [1.29, 1.82) is 0 Å². The summed E-state index contributed by atoms with van der Waals surface area (Å²) in [4.78, 5) is 26.8. The predicted octanol–water partition coefficient (Wildman–Crippen LogP) is 3.08. The third-order valence-electron chi connectivity index (χ3n) is 5.90. The van der Waals surface area contributed by atoms with Gasteiger partial charge in [0, 0.05) is 56.5 Å². The van der Waals surface area contributed by atoms with Crippen LogP contribution < -0.4 is 0 Å². The van der Waals surface area contributed by atoms with Gasteiger partial charge in [-0.25, -0.2) is 9.67 Å². The summed E-state index contributed by atoms with van der Waals surface area (Å²) in [6.45, 7) is 11.7. The molecule has 32 heavy (non-hydrogen) atoms. The molecular weight excluding hydrogens is 404 g/mol. The largest absolute Gasteiger partial charge is 0.379 e. The number of rotatable bonds is 8. The van der Waals surface area contributed by atoms with E-state index in [0.717, 1.165) is 61.6 Å². The average Bonchev–Trinajstić information content (AvgIpc) is 3.22. The normalized spacial score (nSPS) is 14.9. The number of carbonyl (C=O) groups is 1. The Morgan fingerprint density at radius 1 is 1.22 bits per heavy atom. The Kier molecular flexibility index (Phi) is 7.12. The Balaban J connectivity index is 1.55. The molecule has 1 fully saturated rings. The molecule has 0 aliphatic carbocycles. The number of aryl methyl sites for hydroxylation is 1. The van der Waals surface area contributed by atoms with Crippen LogP contribution in [0, 0.1) is 6.92 Å². The minimum atomic E-state index is 0.00740. The molecule has 8 heteroatoms. The number of hydrogen-bond donors (Lipinski definition) is 0. The van der Waals surface area contributed by atoms with Crippen LogP contribution in [0.1, 0.15) is 47.9 Å². The molecule has 1 aliphatic heterocycles. The molecule has 0 unspecified atom stereocenters. The molecule has 0 radical (unpaired) electrons. The van der Waals surface area contributed by atoms with E-state index in [9.17, 15) is 4.79 Å². The molecule has 1 aliphatic rings. The van der Waals surface area contributed by atoms with E-state index in [0.29, 0.717) is 18.7 Å². The van der Waals surface area contributed by atoms with E-state index in [-0.39, 0.29) is 11.9 Å². The fourth-order valence-electron chi connectivity index (χ4n) is 4.10. The number of pyridine rings is 2. The number of hydrogen-bond acceptors (Lipinski definition) is 6. The van der Waals surface area contributed by atoms with Crippen molar-refractivity contribution in [3.8, 4) is 0 Å². The van der Waals surface area contributed by atoms with E-state index in [1.807, 2.05) is 34.7 Å². The summed E-state index contributed by atoms with van der Waals surface area (Å²) in [5.74, 6) is 0.00740. The zero-order valence-corrected chi connectivity index (χ0v) is 19.2. The van der Waals surface area contributed by atoms with Gasteiger partial charge in [-0.3, -0.25) is 14.7 Å². The summed E-state index contributed by atoms with van der Waals surface area (Å²) in [6, 6.07) is 6.07. The van der Waals surface area contributed by atoms with Gasteiger partial charge in [-0.15, -0.1) is 0 Å². The lowest BCUT2D eigenvalue weighted by molar-refractivity contribution is 0.0355. The van der Waals surface area contributed by atoms with Crippen molar-refractivity contribution in [2.24, 2.45) is 0 Å². The van der Waals surface area contributed by atoms with Gasteiger partial charge in [-0.2, -0.15) is 5.10 Å². The first kappa shape index (κ1) is 22.4. The highest BCUT2D eigenvalue weighted by Crippen LogP contribution is 2.21. The second-order valence-electron chi connectivity index (χ2n) is 8.61. The van der Waals surface area contributed by atoms with Gasteiger partial charge >= 0.3 is 0 Å². The molecule has 8 nitrogen and oxygen atoms in total. The van der Waals surface area contributed by atoms with Gasteiger partial charge in [-0.1, -0.05) is 0 Å². The summed E-state index contributed by atoms with van der Waals surface area (Å²) in [7, 11) is 0. The number of carbonyl (C=O) groups excluding carboxylic acids is 1. The molecule has 0 aromatic carbocycles. The fourth-order valence-corrected chi connectivity index (χ4v) is 4.10. The molecule has 1 amide bonds. The van der Waals surface area contributed by atoms with Crippen LogP contribution in [-0.4, -0.2) is 74.8 Å². The van der Waals surface area contributed by atoms with Crippen molar-refractivity contribution in [2.45, 2.75) is 39.8 Å². The van der Waals surface area contributed by atoms with E-state index in [1.54, 1.807) is 18.6 Å². The molecule has 3 aromatic rings. The first-order valence-corrected chi connectivity index (χ1v) is 11.4. The highest BCUT2D eigenvalue weighted by atomic mass is 16.5. The Morgan fingerprint density at radius 3 is 2.69 bits per heavy atom. The van der Waals surface area contributed by atoms with Gasteiger partial charge in [0.2, 0.25) is 0 Å². The minimum absolute atomic E-state index is 0.00740. The number of morpholine rings is 1. The summed E-state index contributed by atoms with van der Waals surface area (Å²) in [6.07, 6.45) is 6.25. The summed E-state index contributed by atoms with van der Waals surface area (Å²) in [5.41, 5.74) is 3.26. The molecule has 0 bridgehead atoms. The van der Waals surface area contributed by atoms with Gasteiger partial charge < -0.3 is 9.64 Å². The van der Waals surface area contributed by atoms with Crippen molar-refractivity contribution in [1.82, 2.24) is 29.5 Å². The standard InChI is InChI=1S/C24H32N6O2/c1-18(2)30-23-21(16-26-30)15-22(19(3)27-23)24(31)29(17-20-5-7-25-8-6-20)10-4-9-28-11-13-32-14-12-28/h5-8,15-16,18H,4,9-14,17H2,1-3H3. The topological polar surface area (TPSA) is 76.4 Å². The predicted molar refractivity (Wildman–Crippen MR) is 124 cm³/mol. The third kappa shape index (κ3) is 5.14. The number of nitrogens with zero attached hydrogens (tertiary/aromatic N) is 6. The van der Waals surface area contributed by atoms with Gasteiger partial charge in [0.15, 0.2) is 5.65 Å². The van der Waals surface area contributed by atoms with E-state index in [1.165, 1.54) is 0 Å². The monoisotopic (exact) mass is 436 g/mol. The SMILES string of the molecule is Cc1nc2c(cnn2C(C)C)cc1C(=O)N(CCCN1CCOCC1)Cc1ccncc1. The first-order valence-electron chi connectivity index (χ1n) is 11.4. The molecule has 4 rings (SSSR count). The maximum atomic E-state index is 13.6. The zero-order valence-electron chi connectivity index (χ0n) is 19.2. The fraction of sp³-hybridized carbons (Fsp3) is 0.500. The molecule has 0 N–H and O–H groups in total. The van der Waals surface area contributed by atoms with Crippen LogP contribution >= 0.6 is 0 Å². The third-order valence-corrected chi connectivity index (χ3v) is 5.90. The number of aromatic nitrogens is 4. The molecule has 3 aromatic heterocycles. The Morgan fingerprint density at radius 2 is 1.97 bits per heavy atom. The molecule has 0 spiro atoms. The van der Waals surface area contributed by atoms with Gasteiger partial charge in [-0.05, 0) is 51.0 Å². The quantitative estimate of drug-likeness (QED) is 0.540. The van der Waals surface area contributed by atoms with Crippen molar-refractivity contribution < 1.29 is 9.53 Å². The molecule has 4 heterocycles. The Labute approximate surface area is 189 Å². The van der Waals surface area contributed by atoms with Crippen LogP contribution in [0.3, 0.4) is 0 Å². The van der Waals surface area contributed by atoms with Crippen LogP contribution in [-0.2, 0) is 11.3 Å². The summed E-state index contributed by atoms with van der Waals surface area (Å²) < 4.78 is 7.34. The van der Waals surface area contributed by atoms with E-state index >= 15 is 0 Å². The van der Waals surface area contributed by atoms with Crippen LogP contribution in [0.25, 0.3) is 11.0 Å². The van der Waals surface area contributed by atoms with Crippen LogP contribution in [0.2, 0.25) is 0 Å². The number of amides is 1. The molecular formula is C24H32N6O2. The van der Waals surface area contributed by atoms with Crippen LogP contribution in [0.4, 0.5) is 0 Å². The highest BCUT2D eigenvalue weighted by Gasteiger charge is 2.21. The number of fused-ring (bicyclic) bond motifs is 1. The lowest BCUT2D eigenvalue weighted by Gasteiger charge is -2.28. The number of ether oxygens (including phenoxy) is 1. The Bertz CT molecular complexity index is 1040. The molecule has 0 saturated carbocycles. The molecule has 170 valence electrons. The first-order chi connectivity index (χ1) is 15.5. The maximum absolute atomic E-state index is 13.6. The average molecular weight is 437 g/mol. The van der Waals surface area contributed by atoms with Crippen molar-refractivity contribution in [3.63, 3.8) is 0 Å². The van der Waals surface area contributed by atoms with E-state index in [2.05, 4.69) is 28.8 Å². The maximum Gasteiger partial charge on any atom is 0.256 e. The van der Waals surface area contributed by atoms with Crippen molar-refractivity contribution >= 4 is 16.9 Å². The van der Waals surface area contributed by atoms with Gasteiger partial charge in [0.05, 0.1) is 30.7 Å². The lowest BCUT2D eigenvalue weighted by atomic mass is 10.1. The smallest absolute Gasteiger partial charge is 0.256 e. The molecule has 0 atom stereocenters. The highest BCUT2D eigenvalue weighted by molar-refractivity contribution is 5.98. The molecule has 1 saturated heterocycles. The van der Waals surface area contributed by atoms with Crippen LogP contribution in [0.15, 0.2) is 36.8 Å². The second kappa shape index (κ2) is 10.2. The zero-order chi connectivity index (χ0) is 22.5. The lowest BCUT2D eigenvalue weighted by Crippen LogP contribution is -2.39. The summed E-state index contributed by atoms with van der Waals surface area (Å²) in [5, 5.41) is 5.35. The second-order valence-corrected chi connectivity index (χ2v) is 8.61. The van der Waals surface area contributed by atoms with E-state index in [4.69, 9.17) is 9.72 Å². The Hall–Kier alpha value is -2.84. The summed E-state index contributed by atoms with van der Waals surface area (Å²) >= 11 is 0. The van der Waals surface area contributed by atoms with Crippen molar-refractivity contribution in [3.05, 3.63) is 53.6 Å². The van der Waals surface area contributed by atoms with Gasteiger partial charge in [0.25, 0.3) is 5.91 Å². The van der Waals surface area contributed by atoms with Crippen LogP contribution in [0.5, 0.6) is 0 Å². The van der Waals surface area contributed by atoms with E-state index < -0.39 is 0 Å². The van der Waals surface area contributed by atoms with Crippen molar-refractivity contribution in [2.75, 3.05) is 39.4 Å².